The van der Waals surface area contributed by atoms with E-state index in [9.17, 15) is 5.11 Å². The number of rotatable bonds is 3. The fourth-order valence-corrected chi connectivity index (χ4v) is 2.05. The van der Waals surface area contributed by atoms with E-state index in [4.69, 9.17) is 27.9 Å². The van der Waals surface area contributed by atoms with Crippen molar-refractivity contribution >= 4 is 23.2 Å². The van der Waals surface area contributed by atoms with Gasteiger partial charge in [0.15, 0.2) is 0 Å². The normalized spacial score (nSPS) is 12.3. The Morgan fingerprint density at radius 1 is 1.05 bits per heavy atom. The maximum absolute atomic E-state index is 9.49. The number of aliphatic hydroxyl groups excluding tert-OH is 1. The summed E-state index contributed by atoms with van der Waals surface area (Å²) in [6.45, 7) is 3.62. The van der Waals surface area contributed by atoms with Gasteiger partial charge in [-0.3, -0.25) is 0 Å². The molecule has 2 rings (SSSR count). The molecule has 4 heteroatoms. The maximum atomic E-state index is 9.49. The molecule has 0 heterocycles. The van der Waals surface area contributed by atoms with Gasteiger partial charge in [-0.05, 0) is 49.2 Å². The summed E-state index contributed by atoms with van der Waals surface area (Å²) >= 11 is 12.1. The Morgan fingerprint density at radius 3 is 2.42 bits per heavy atom. The number of hydrogen-bond donors (Lipinski definition) is 1. The predicted octanol–water partition coefficient (Wildman–Crippen LogP) is 5.15. The molecule has 0 spiro atoms. The van der Waals surface area contributed by atoms with Gasteiger partial charge in [0.1, 0.15) is 11.5 Å². The van der Waals surface area contributed by atoms with Crippen LogP contribution in [0, 0.1) is 6.92 Å². The van der Waals surface area contributed by atoms with E-state index in [2.05, 4.69) is 0 Å². The highest BCUT2D eigenvalue weighted by Gasteiger charge is 2.09. The largest absolute Gasteiger partial charge is 0.455 e. The number of benzene rings is 2. The van der Waals surface area contributed by atoms with Crippen LogP contribution >= 0.6 is 23.2 Å². The highest BCUT2D eigenvalue weighted by atomic mass is 35.5. The first-order valence-electron chi connectivity index (χ1n) is 5.89. The lowest BCUT2D eigenvalue weighted by Gasteiger charge is -2.12. The highest BCUT2D eigenvalue weighted by Crippen LogP contribution is 2.34. The standard InChI is InChI=1S/C15H14Cl2O2/c1-9-3-5-12(16)8-15(9)19-14-6-4-11(10(2)18)7-13(14)17/h3-8,10,18H,1-2H3/t10-/m0/s1. The third kappa shape index (κ3) is 3.41. The molecule has 1 atom stereocenters. The molecule has 100 valence electrons. The van der Waals surface area contributed by atoms with Crippen molar-refractivity contribution in [3.8, 4) is 11.5 Å². The molecular formula is C15H14Cl2O2. The minimum Gasteiger partial charge on any atom is -0.455 e. The van der Waals surface area contributed by atoms with Gasteiger partial charge < -0.3 is 9.84 Å². The maximum Gasteiger partial charge on any atom is 0.146 e. The summed E-state index contributed by atoms with van der Waals surface area (Å²) in [7, 11) is 0. The van der Waals surface area contributed by atoms with Gasteiger partial charge in [-0.15, -0.1) is 0 Å². The molecule has 0 aliphatic heterocycles. The molecule has 0 saturated heterocycles. The number of hydrogen-bond acceptors (Lipinski definition) is 2. The van der Waals surface area contributed by atoms with Crippen molar-refractivity contribution in [2.75, 3.05) is 0 Å². The molecule has 19 heavy (non-hydrogen) atoms. The number of ether oxygens (including phenoxy) is 1. The molecule has 0 fully saturated rings. The van der Waals surface area contributed by atoms with Gasteiger partial charge >= 0.3 is 0 Å². The second-order valence-corrected chi connectivity index (χ2v) is 5.22. The number of aryl methyl sites for hydroxylation is 1. The molecule has 0 saturated carbocycles. The quantitative estimate of drug-likeness (QED) is 0.849. The van der Waals surface area contributed by atoms with Gasteiger partial charge in [-0.2, -0.15) is 0 Å². The van der Waals surface area contributed by atoms with Crippen molar-refractivity contribution in [1.29, 1.82) is 0 Å². The van der Waals surface area contributed by atoms with Crippen LogP contribution in [0.25, 0.3) is 0 Å². The molecule has 0 bridgehead atoms. The molecule has 0 unspecified atom stereocenters. The van der Waals surface area contributed by atoms with Crippen LogP contribution in [0.5, 0.6) is 11.5 Å². The topological polar surface area (TPSA) is 29.5 Å². The van der Waals surface area contributed by atoms with E-state index in [1.165, 1.54) is 0 Å². The summed E-state index contributed by atoms with van der Waals surface area (Å²) in [4.78, 5) is 0. The van der Waals surface area contributed by atoms with Gasteiger partial charge in [0.25, 0.3) is 0 Å². The lowest BCUT2D eigenvalue weighted by atomic mass is 10.1. The van der Waals surface area contributed by atoms with E-state index >= 15 is 0 Å². The van der Waals surface area contributed by atoms with Gasteiger partial charge in [-0.1, -0.05) is 35.3 Å². The number of aliphatic hydroxyl groups is 1. The van der Waals surface area contributed by atoms with Gasteiger partial charge in [0.05, 0.1) is 11.1 Å². The van der Waals surface area contributed by atoms with Gasteiger partial charge in [0, 0.05) is 5.02 Å². The zero-order chi connectivity index (χ0) is 14.0. The molecule has 0 aliphatic carbocycles. The SMILES string of the molecule is Cc1ccc(Cl)cc1Oc1ccc([C@H](C)O)cc1Cl. The Kier molecular flexibility index (Phi) is 4.35. The lowest BCUT2D eigenvalue weighted by molar-refractivity contribution is 0.199. The fourth-order valence-electron chi connectivity index (χ4n) is 1.66. The first-order chi connectivity index (χ1) is 8.97. The average molecular weight is 297 g/mol. The second kappa shape index (κ2) is 5.83. The number of halogens is 2. The summed E-state index contributed by atoms with van der Waals surface area (Å²) in [5, 5.41) is 10.6. The van der Waals surface area contributed by atoms with Crippen molar-refractivity contribution in [2.24, 2.45) is 0 Å². The van der Waals surface area contributed by atoms with Crippen LogP contribution in [-0.2, 0) is 0 Å². The van der Waals surface area contributed by atoms with Crippen molar-refractivity contribution in [2.45, 2.75) is 20.0 Å². The summed E-state index contributed by atoms with van der Waals surface area (Å²) in [6.07, 6.45) is -0.556. The molecule has 2 nitrogen and oxygen atoms in total. The Morgan fingerprint density at radius 2 is 1.79 bits per heavy atom. The monoisotopic (exact) mass is 296 g/mol. The van der Waals surface area contributed by atoms with E-state index in [1.807, 2.05) is 19.1 Å². The van der Waals surface area contributed by atoms with Crippen LogP contribution in [0.4, 0.5) is 0 Å². The third-order valence-corrected chi connectivity index (χ3v) is 3.34. The summed E-state index contributed by atoms with van der Waals surface area (Å²) in [5.41, 5.74) is 1.72. The van der Waals surface area contributed by atoms with Crippen molar-refractivity contribution < 1.29 is 9.84 Å². The van der Waals surface area contributed by atoms with E-state index < -0.39 is 6.10 Å². The Labute approximate surface area is 122 Å². The average Bonchev–Trinajstić information content (AvgIpc) is 2.36. The minimum absolute atomic E-state index is 0.456. The molecule has 2 aromatic rings. The first-order valence-corrected chi connectivity index (χ1v) is 6.64. The summed E-state index contributed by atoms with van der Waals surface area (Å²) < 4.78 is 5.76. The minimum atomic E-state index is -0.556. The van der Waals surface area contributed by atoms with E-state index in [0.717, 1.165) is 11.1 Å². The van der Waals surface area contributed by atoms with Crippen molar-refractivity contribution in [3.05, 3.63) is 57.6 Å². The lowest BCUT2D eigenvalue weighted by Crippen LogP contribution is -1.93. The molecule has 0 aromatic heterocycles. The summed E-state index contributed by atoms with van der Waals surface area (Å²) in [6, 6.07) is 10.7. The highest BCUT2D eigenvalue weighted by molar-refractivity contribution is 6.32. The Hall–Kier alpha value is -1.22. The molecular weight excluding hydrogens is 283 g/mol. The fraction of sp³-hybridized carbons (Fsp3) is 0.200. The van der Waals surface area contributed by atoms with Crippen molar-refractivity contribution in [1.82, 2.24) is 0 Å². The van der Waals surface area contributed by atoms with E-state index in [1.54, 1.807) is 31.2 Å². The van der Waals surface area contributed by atoms with Crippen LogP contribution in [0.2, 0.25) is 10.0 Å². The van der Waals surface area contributed by atoms with Crippen LogP contribution in [0.15, 0.2) is 36.4 Å². The van der Waals surface area contributed by atoms with Crippen molar-refractivity contribution in [3.63, 3.8) is 0 Å². The predicted molar refractivity (Wildman–Crippen MR) is 78.3 cm³/mol. The van der Waals surface area contributed by atoms with Crippen LogP contribution in [0.1, 0.15) is 24.2 Å². The Balaban J connectivity index is 2.31. The Bertz CT molecular complexity index is 595. The first kappa shape index (κ1) is 14.2. The molecule has 1 N–H and O–H groups in total. The van der Waals surface area contributed by atoms with Crippen LogP contribution in [0.3, 0.4) is 0 Å². The van der Waals surface area contributed by atoms with Gasteiger partial charge in [-0.25, -0.2) is 0 Å². The van der Waals surface area contributed by atoms with Crippen LogP contribution in [-0.4, -0.2) is 5.11 Å². The van der Waals surface area contributed by atoms with E-state index in [-0.39, 0.29) is 0 Å². The summed E-state index contributed by atoms with van der Waals surface area (Å²) in [5.74, 6) is 1.20. The molecule has 0 aliphatic rings. The smallest absolute Gasteiger partial charge is 0.146 e. The molecule has 0 radical (unpaired) electrons. The van der Waals surface area contributed by atoms with Crippen LogP contribution < -0.4 is 4.74 Å². The second-order valence-electron chi connectivity index (χ2n) is 4.38. The van der Waals surface area contributed by atoms with Gasteiger partial charge in [0.2, 0.25) is 0 Å². The zero-order valence-corrected chi connectivity index (χ0v) is 12.2. The van der Waals surface area contributed by atoms with E-state index in [0.29, 0.717) is 21.5 Å². The molecule has 0 amide bonds. The third-order valence-electron chi connectivity index (χ3n) is 2.81. The molecule has 2 aromatic carbocycles. The zero-order valence-electron chi connectivity index (χ0n) is 10.7.